The van der Waals surface area contributed by atoms with Gasteiger partial charge in [0.2, 0.25) is 11.8 Å². The maximum atomic E-state index is 12.1. The van der Waals surface area contributed by atoms with Crippen molar-refractivity contribution in [3.05, 3.63) is 71.8 Å². The number of nitrogens with one attached hydrogen (secondary N) is 1. The molecular formula is C20H20N2O3. The van der Waals surface area contributed by atoms with Gasteiger partial charge in [0.1, 0.15) is 17.2 Å². The summed E-state index contributed by atoms with van der Waals surface area (Å²) < 4.78 is 10.8. The van der Waals surface area contributed by atoms with Crippen molar-refractivity contribution in [2.75, 3.05) is 7.11 Å². The predicted octanol–water partition coefficient (Wildman–Crippen LogP) is 3.52. The number of carbonyl (C=O) groups excluding carboxylic acids is 1. The number of carbonyl (C=O) groups is 1. The molecule has 25 heavy (non-hydrogen) atoms. The van der Waals surface area contributed by atoms with E-state index in [0.29, 0.717) is 12.3 Å². The third-order valence-electron chi connectivity index (χ3n) is 3.85. The number of hydrogen-bond acceptors (Lipinski definition) is 4. The maximum Gasteiger partial charge on any atom is 0.224 e. The van der Waals surface area contributed by atoms with Gasteiger partial charge in [0.25, 0.3) is 0 Å². The molecule has 1 N–H and O–H groups in total. The molecule has 1 heterocycles. The van der Waals surface area contributed by atoms with Crippen LogP contribution in [0.25, 0.3) is 11.3 Å². The highest BCUT2D eigenvalue weighted by Gasteiger charge is 2.12. The molecule has 0 radical (unpaired) electrons. The minimum absolute atomic E-state index is 0.0812. The Labute approximate surface area is 146 Å². The molecule has 2 aromatic carbocycles. The summed E-state index contributed by atoms with van der Waals surface area (Å²) in [5, 5.41) is 2.84. The number of oxazole rings is 1. The summed E-state index contributed by atoms with van der Waals surface area (Å²) in [6.45, 7) is 2.14. The summed E-state index contributed by atoms with van der Waals surface area (Å²) in [7, 11) is 1.61. The highest BCUT2D eigenvalue weighted by molar-refractivity contribution is 5.78. The van der Waals surface area contributed by atoms with Gasteiger partial charge in [-0.05, 0) is 24.6 Å². The summed E-state index contributed by atoms with van der Waals surface area (Å²) in [6, 6.07) is 17.3. The molecule has 0 aliphatic heterocycles. The standard InChI is InChI=1S/C20H20N2O3/c1-14-20(16-6-4-3-5-7-16)22-19(25-14)13-21-18(23)12-15-8-10-17(24-2)11-9-15/h3-11H,12-13H2,1-2H3,(H,21,23). The Kier molecular flexibility index (Phi) is 5.14. The SMILES string of the molecule is COc1ccc(CC(=O)NCc2nc(-c3ccccc3)c(C)o2)cc1. The van der Waals surface area contributed by atoms with Gasteiger partial charge in [-0.15, -0.1) is 0 Å². The molecule has 0 saturated carbocycles. The average Bonchev–Trinajstić information content (AvgIpc) is 3.02. The number of nitrogens with zero attached hydrogens (tertiary/aromatic N) is 1. The van der Waals surface area contributed by atoms with Crippen molar-refractivity contribution in [2.24, 2.45) is 0 Å². The topological polar surface area (TPSA) is 64.4 Å². The summed E-state index contributed by atoms with van der Waals surface area (Å²) in [4.78, 5) is 16.6. The molecule has 0 fully saturated rings. The first-order valence-electron chi connectivity index (χ1n) is 8.07. The predicted molar refractivity (Wildman–Crippen MR) is 95.2 cm³/mol. The van der Waals surface area contributed by atoms with Crippen LogP contribution in [0, 0.1) is 6.92 Å². The Morgan fingerprint density at radius 1 is 1.12 bits per heavy atom. The molecule has 1 amide bonds. The number of aryl methyl sites for hydroxylation is 1. The molecule has 0 spiro atoms. The number of methoxy groups -OCH3 is 1. The van der Waals surface area contributed by atoms with E-state index in [0.717, 1.165) is 28.3 Å². The van der Waals surface area contributed by atoms with Crippen LogP contribution in [0.1, 0.15) is 17.2 Å². The van der Waals surface area contributed by atoms with Gasteiger partial charge in [-0.2, -0.15) is 0 Å². The van der Waals surface area contributed by atoms with Crippen LogP contribution in [0.2, 0.25) is 0 Å². The first-order chi connectivity index (χ1) is 12.2. The van der Waals surface area contributed by atoms with E-state index in [4.69, 9.17) is 9.15 Å². The molecule has 0 aliphatic rings. The minimum Gasteiger partial charge on any atom is -0.497 e. The average molecular weight is 336 g/mol. The van der Waals surface area contributed by atoms with E-state index in [9.17, 15) is 4.79 Å². The fourth-order valence-corrected chi connectivity index (χ4v) is 2.56. The fraction of sp³-hybridized carbons (Fsp3) is 0.200. The highest BCUT2D eigenvalue weighted by Crippen LogP contribution is 2.22. The number of rotatable bonds is 6. The monoisotopic (exact) mass is 336 g/mol. The molecule has 1 aromatic heterocycles. The van der Waals surface area contributed by atoms with Gasteiger partial charge in [0.05, 0.1) is 20.1 Å². The first kappa shape index (κ1) is 16.8. The van der Waals surface area contributed by atoms with E-state index >= 15 is 0 Å². The number of aromatic nitrogens is 1. The van der Waals surface area contributed by atoms with E-state index in [-0.39, 0.29) is 12.5 Å². The highest BCUT2D eigenvalue weighted by atomic mass is 16.5. The zero-order valence-corrected chi connectivity index (χ0v) is 14.3. The van der Waals surface area contributed by atoms with Gasteiger partial charge in [-0.3, -0.25) is 4.79 Å². The van der Waals surface area contributed by atoms with Gasteiger partial charge < -0.3 is 14.5 Å². The maximum absolute atomic E-state index is 12.1. The Morgan fingerprint density at radius 3 is 2.52 bits per heavy atom. The quantitative estimate of drug-likeness (QED) is 0.748. The Bertz CT molecular complexity index is 839. The van der Waals surface area contributed by atoms with E-state index in [2.05, 4.69) is 10.3 Å². The van der Waals surface area contributed by atoms with Crippen LogP contribution in [-0.4, -0.2) is 18.0 Å². The molecule has 0 bridgehead atoms. The molecule has 0 saturated heterocycles. The Balaban J connectivity index is 1.59. The third kappa shape index (κ3) is 4.26. The second-order valence-electron chi connectivity index (χ2n) is 5.68. The lowest BCUT2D eigenvalue weighted by Crippen LogP contribution is -2.24. The van der Waals surface area contributed by atoms with E-state index in [1.54, 1.807) is 7.11 Å². The fourth-order valence-electron chi connectivity index (χ4n) is 2.56. The summed E-state index contributed by atoms with van der Waals surface area (Å²) in [6.07, 6.45) is 0.301. The Hall–Kier alpha value is -3.08. The van der Waals surface area contributed by atoms with Gasteiger partial charge in [-0.25, -0.2) is 4.98 Å². The van der Waals surface area contributed by atoms with Gasteiger partial charge in [-0.1, -0.05) is 42.5 Å². The van der Waals surface area contributed by atoms with Crippen LogP contribution >= 0.6 is 0 Å². The lowest BCUT2D eigenvalue weighted by atomic mass is 10.1. The minimum atomic E-state index is -0.0812. The van der Waals surface area contributed by atoms with Crippen LogP contribution < -0.4 is 10.1 Å². The largest absolute Gasteiger partial charge is 0.497 e. The van der Waals surface area contributed by atoms with Crippen molar-refractivity contribution >= 4 is 5.91 Å². The molecule has 0 unspecified atom stereocenters. The van der Waals surface area contributed by atoms with Crippen molar-refractivity contribution in [3.63, 3.8) is 0 Å². The number of ether oxygens (including phenoxy) is 1. The summed E-state index contributed by atoms with van der Waals surface area (Å²) in [5.41, 5.74) is 2.73. The summed E-state index contributed by atoms with van der Waals surface area (Å²) in [5.74, 6) is 1.93. The lowest BCUT2D eigenvalue weighted by molar-refractivity contribution is -0.120. The summed E-state index contributed by atoms with van der Waals surface area (Å²) >= 11 is 0. The molecule has 5 nitrogen and oxygen atoms in total. The molecule has 5 heteroatoms. The normalized spacial score (nSPS) is 10.5. The number of benzene rings is 2. The van der Waals surface area contributed by atoms with Gasteiger partial charge >= 0.3 is 0 Å². The zero-order valence-electron chi connectivity index (χ0n) is 14.3. The van der Waals surface area contributed by atoms with Crippen molar-refractivity contribution < 1.29 is 13.9 Å². The van der Waals surface area contributed by atoms with Crippen LogP contribution in [0.4, 0.5) is 0 Å². The molecule has 3 rings (SSSR count). The second-order valence-corrected chi connectivity index (χ2v) is 5.68. The smallest absolute Gasteiger partial charge is 0.224 e. The van der Waals surface area contributed by atoms with E-state index < -0.39 is 0 Å². The van der Waals surface area contributed by atoms with Crippen molar-refractivity contribution in [1.82, 2.24) is 10.3 Å². The van der Waals surface area contributed by atoms with Crippen molar-refractivity contribution in [1.29, 1.82) is 0 Å². The van der Waals surface area contributed by atoms with E-state index in [1.807, 2.05) is 61.5 Å². The molecular weight excluding hydrogens is 316 g/mol. The number of amides is 1. The van der Waals surface area contributed by atoms with Crippen molar-refractivity contribution in [2.45, 2.75) is 19.9 Å². The second kappa shape index (κ2) is 7.66. The number of hydrogen-bond donors (Lipinski definition) is 1. The van der Waals surface area contributed by atoms with Crippen LogP contribution in [0.15, 0.2) is 59.0 Å². The van der Waals surface area contributed by atoms with Crippen LogP contribution in [-0.2, 0) is 17.8 Å². The zero-order chi connectivity index (χ0) is 17.6. The van der Waals surface area contributed by atoms with Gasteiger partial charge in [0.15, 0.2) is 0 Å². The molecule has 3 aromatic rings. The first-order valence-corrected chi connectivity index (χ1v) is 8.07. The molecule has 128 valence electrons. The molecule has 0 atom stereocenters. The van der Waals surface area contributed by atoms with E-state index in [1.165, 1.54) is 0 Å². The van der Waals surface area contributed by atoms with Crippen molar-refractivity contribution in [3.8, 4) is 17.0 Å². The third-order valence-corrected chi connectivity index (χ3v) is 3.85. The molecule has 0 aliphatic carbocycles. The lowest BCUT2D eigenvalue weighted by Gasteiger charge is -2.04. The van der Waals surface area contributed by atoms with Gasteiger partial charge in [0, 0.05) is 5.56 Å². The van der Waals surface area contributed by atoms with Crippen LogP contribution in [0.3, 0.4) is 0 Å². The van der Waals surface area contributed by atoms with Crippen LogP contribution in [0.5, 0.6) is 5.75 Å². The Morgan fingerprint density at radius 2 is 1.84 bits per heavy atom.